The van der Waals surface area contributed by atoms with Gasteiger partial charge in [0.1, 0.15) is 0 Å². The predicted octanol–water partition coefficient (Wildman–Crippen LogP) is -0.377. The Kier molecular flexibility index (Phi) is 4.32. The van der Waals surface area contributed by atoms with Crippen molar-refractivity contribution in [2.45, 2.75) is 6.92 Å². The number of nitrogens with one attached hydrogen (secondary N) is 2. The Morgan fingerprint density at radius 1 is 1.39 bits per heavy atom. The van der Waals surface area contributed by atoms with Crippen molar-refractivity contribution in [3.05, 3.63) is 0 Å². The van der Waals surface area contributed by atoms with Crippen molar-refractivity contribution in [2.75, 3.05) is 20.8 Å². The first-order chi connectivity index (χ1) is 8.28. The molecule has 2 N–H and O–H groups in total. The van der Waals surface area contributed by atoms with Crippen molar-refractivity contribution < 1.29 is 26.8 Å². The number of guanidine groups is 1. The van der Waals surface area contributed by atoms with Crippen LogP contribution in [0.1, 0.15) is 6.92 Å². The standard InChI is InChI=1S/C6H13N4O6PS/c1-4-10-6(11)7-5(9-18(10,13)14)8-17(12,15-2)16-3/h4H2,1-3H3,(H2,7,8,9,11,12). The Bertz CT molecular complexity index is 508. The lowest BCUT2D eigenvalue weighted by Crippen LogP contribution is -2.60. The van der Waals surface area contributed by atoms with Crippen LogP contribution in [0.5, 0.6) is 0 Å². The number of rotatable bonds is 4. The second-order valence-electron chi connectivity index (χ2n) is 2.98. The molecule has 0 radical (unpaired) electrons. The fourth-order valence-electron chi connectivity index (χ4n) is 1.11. The third-order valence-electron chi connectivity index (χ3n) is 1.94. The number of amides is 2. The molecular weight excluding hydrogens is 287 g/mol. The van der Waals surface area contributed by atoms with E-state index in [9.17, 15) is 17.8 Å². The van der Waals surface area contributed by atoms with Crippen molar-refractivity contribution >= 4 is 29.9 Å². The molecule has 12 heteroatoms. The van der Waals surface area contributed by atoms with Gasteiger partial charge < -0.3 is 0 Å². The van der Waals surface area contributed by atoms with Crippen molar-refractivity contribution in [1.29, 1.82) is 0 Å². The summed E-state index contributed by atoms with van der Waals surface area (Å²) in [6.07, 6.45) is 0. The number of hydrogen-bond donors (Lipinski definition) is 2. The predicted molar refractivity (Wildman–Crippen MR) is 62.0 cm³/mol. The minimum atomic E-state index is -4.05. The van der Waals surface area contributed by atoms with Crippen LogP contribution < -0.4 is 10.0 Å². The van der Waals surface area contributed by atoms with E-state index in [2.05, 4.69) is 19.1 Å². The van der Waals surface area contributed by atoms with Crippen LogP contribution in [0.4, 0.5) is 4.79 Å². The zero-order valence-corrected chi connectivity index (χ0v) is 11.6. The average molecular weight is 300 g/mol. The van der Waals surface area contributed by atoms with Crippen LogP contribution in [0.2, 0.25) is 0 Å². The highest BCUT2D eigenvalue weighted by molar-refractivity contribution is 7.88. The molecule has 18 heavy (non-hydrogen) atoms. The zero-order chi connectivity index (χ0) is 14.0. The Hall–Kier alpha value is -1.16. The Morgan fingerprint density at radius 2 is 1.94 bits per heavy atom. The van der Waals surface area contributed by atoms with E-state index < -0.39 is 29.9 Å². The fraction of sp³-hybridized carbons (Fsp3) is 0.667. The molecule has 0 aromatic rings. The Morgan fingerprint density at radius 3 is 2.33 bits per heavy atom. The van der Waals surface area contributed by atoms with E-state index in [1.165, 1.54) is 6.92 Å². The number of hydrogen-bond acceptors (Lipinski definition) is 6. The van der Waals surface area contributed by atoms with Gasteiger partial charge in [0.15, 0.2) is 0 Å². The first-order valence-electron chi connectivity index (χ1n) is 4.71. The summed E-state index contributed by atoms with van der Waals surface area (Å²) < 4.78 is 49.7. The van der Waals surface area contributed by atoms with E-state index >= 15 is 0 Å². The largest absolute Gasteiger partial charge is 0.456 e. The monoisotopic (exact) mass is 300 g/mol. The van der Waals surface area contributed by atoms with Gasteiger partial charge in [0, 0.05) is 20.8 Å². The molecule has 0 aromatic heterocycles. The Balaban J connectivity index is 3.08. The van der Waals surface area contributed by atoms with E-state index in [4.69, 9.17) is 0 Å². The molecule has 1 aliphatic heterocycles. The molecule has 0 unspecified atom stereocenters. The van der Waals surface area contributed by atoms with Gasteiger partial charge in [-0.05, 0) is 6.92 Å². The summed E-state index contributed by atoms with van der Waals surface area (Å²) >= 11 is 0. The first kappa shape index (κ1) is 14.9. The molecule has 0 spiro atoms. The molecule has 1 heterocycles. The van der Waals surface area contributed by atoms with Gasteiger partial charge in [-0.15, -0.1) is 4.76 Å². The SMILES string of the molecule is CCN1C(=O)N/C(=N/P(=O)(OC)OC)NS1(=O)=O. The van der Waals surface area contributed by atoms with Crippen LogP contribution >= 0.6 is 7.75 Å². The topological polar surface area (TPSA) is 126 Å². The van der Waals surface area contributed by atoms with E-state index in [0.29, 0.717) is 4.31 Å². The van der Waals surface area contributed by atoms with Gasteiger partial charge in [-0.2, -0.15) is 8.42 Å². The lowest BCUT2D eigenvalue weighted by Gasteiger charge is -2.27. The molecule has 104 valence electrons. The minimum Gasteiger partial charge on any atom is -0.294 e. The van der Waals surface area contributed by atoms with Crippen LogP contribution in [0.15, 0.2) is 4.76 Å². The van der Waals surface area contributed by atoms with Crippen molar-refractivity contribution in [2.24, 2.45) is 4.76 Å². The molecular formula is C6H13N4O6PS. The number of carbonyl (C=O) groups is 1. The zero-order valence-electron chi connectivity index (χ0n) is 9.91. The van der Waals surface area contributed by atoms with Crippen LogP contribution in [-0.4, -0.2) is 45.5 Å². The number of nitrogens with zero attached hydrogens (tertiary/aromatic N) is 2. The van der Waals surface area contributed by atoms with Crippen LogP contribution in [0.3, 0.4) is 0 Å². The summed E-state index contributed by atoms with van der Waals surface area (Å²) in [6.45, 7) is 1.43. The van der Waals surface area contributed by atoms with Crippen molar-refractivity contribution in [3.63, 3.8) is 0 Å². The van der Waals surface area contributed by atoms with Gasteiger partial charge in [-0.25, -0.2) is 18.4 Å². The molecule has 1 rings (SSSR count). The fourth-order valence-corrected chi connectivity index (χ4v) is 2.89. The Labute approximate surface area is 104 Å². The lowest BCUT2D eigenvalue weighted by molar-refractivity contribution is 0.227. The van der Waals surface area contributed by atoms with Gasteiger partial charge in [0.25, 0.3) is 0 Å². The molecule has 1 saturated heterocycles. The molecule has 10 nitrogen and oxygen atoms in total. The van der Waals surface area contributed by atoms with Crippen LogP contribution in [0, 0.1) is 0 Å². The van der Waals surface area contributed by atoms with Gasteiger partial charge in [0.05, 0.1) is 0 Å². The van der Waals surface area contributed by atoms with Crippen LogP contribution in [0.25, 0.3) is 0 Å². The van der Waals surface area contributed by atoms with Gasteiger partial charge in [0.2, 0.25) is 5.96 Å². The third-order valence-corrected chi connectivity index (χ3v) is 4.76. The molecule has 1 aliphatic rings. The average Bonchev–Trinajstić information content (AvgIpc) is 2.27. The van der Waals surface area contributed by atoms with E-state index in [0.717, 1.165) is 14.2 Å². The third kappa shape index (κ3) is 2.99. The van der Waals surface area contributed by atoms with Crippen LogP contribution in [-0.2, 0) is 23.8 Å². The quantitative estimate of drug-likeness (QED) is 0.682. The molecule has 0 saturated carbocycles. The maximum absolute atomic E-state index is 11.7. The van der Waals surface area contributed by atoms with E-state index in [1.807, 2.05) is 4.72 Å². The molecule has 2 amide bonds. The minimum absolute atomic E-state index is 0.0549. The highest BCUT2D eigenvalue weighted by Gasteiger charge is 2.35. The first-order valence-corrected chi connectivity index (χ1v) is 7.64. The second kappa shape index (κ2) is 5.22. The number of carbonyl (C=O) groups excluding carboxylic acids is 1. The molecule has 0 bridgehead atoms. The molecule has 0 atom stereocenters. The maximum Gasteiger partial charge on any atom is 0.456 e. The smallest absolute Gasteiger partial charge is 0.294 e. The summed E-state index contributed by atoms with van der Waals surface area (Å²) in [7, 11) is -5.73. The highest BCUT2D eigenvalue weighted by atomic mass is 32.2. The summed E-state index contributed by atoms with van der Waals surface area (Å²) in [6, 6.07) is -0.909. The summed E-state index contributed by atoms with van der Waals surface area (Å²) in [5.74, 6) is -0.517. The number of urea groups is 1. The molecule has 0 aliphatic carbocycles. The normalized spacial score (nSPS) is 21.6. The van der Waals surface area contributed by atoms with E-state index in [-0.39, 0.29) is 6.54 Å². The van der Waals surface area contributed by atoms with Gasteiger partial charge >= 0.3 is 24.0 Å². The van der Waals surface area contributed by atoms with Crippen molar-refractivity contribution in [3.8, 4) is 0 Å². The lowest BCUT2D eigenvalue weighted by atomic mass is 10.7. The summed E-state index contributed by atoms with van der Waals surface area (Å²) in [5, 5.41) is 2.11. The molecule has 0 aromatic carbocycles. The highest BCUT2D eigenvalue weighted by Crippen LogP contribution is 2.47. The molecule has 1 fully saturated rings. The maximum atomic E-state index is 11.7. The summed E-state index contributed by atoms with van der Waals surface area (Å²) in [4.78, 5) is 11.5. The second-order valence-corrected chi connectivity index (χ2v) is 6.45. The van der Waals surface area contributed by atoms with Gasteiger partial charge in [-0.3, -0.25) is 14.4 Å². The van der Waals surface area contributed by atoms with E-state index in [1.54, 1.807) is 0 Å². The summed E-state index contributed by atoms with van der Waals surface area (Å²) in [5.41, 5.74) is 0. The van der Waals surface area contributed by atoms with Gasteiger partial charge in [-0.1, -0.05) is 0 Å². The van der Waals surface area contributed by atoms with Crippen molar-refractivity contribution in [1.82, 2.24) is 14.3 Å².